The maximum atomic E-state index is 12.7. The molecule has 4 N–H and O–H groups in total. The summed E-state index contributed by atoms with van der Waals surface area (Å²) in [7, 11) is 0. The number of imidazole rings is 1. The van der Waals surface area contributed by atoms with Gasteiger partial charge < -0.3 is 15.0 Å². The van der Waals surface area contributed by atoms with Gasteiger partial charge in [-0.1, -0.05) is 24.3 Å². The minimum atomic E-state index is -0.425. The summed E-state index contributed by atoms with van der Waals surface area (Å²) in [5, 5.41) is 10.1. The summed E-state index contributed by atoms with van der Waals surface area (Å²) in [4.78, 5) is 33.6. The molecule has 2 aromatic carbocycles. The molecule has 0 saturated heterocycles. The fraction of sp³-hybridized carbons (Fsp3) is 0.0435. The highest BCUT2D eigenvalue weighted by molar-refractivity contribution is 5.99. The lowest BCUT2D eigenvalue weighted by molar-refractivity contribution is 0.262. The van der Waals surface area contributed by atoms with Crippen LogP contribution in [0.4, 0.5) is 16.3 Å². The number of fused-ring (bicyclic) bond motifs is 1. The number of carbonyl (C=O) groups excluding carboxylic acids is 1. The van der Waals surface area contributed by atoms with Crippen LogP contribution in [-0.2, 0) is 0 Å². The molecule has 2 amide bonds. The van der Waals surface area contributed by atoms with Gasteiger partial charge in [0.15, 0.2) is 11.4 Å². The average Bonchev–Trinajstić information content (AvgIpc) is 3.36. The van der Waals surface area contributed by atoms with E-state index >= 15 is 0 Å². The van der Waals surface area contributed by atoms with Crippen LogP contribution >= 0.6 is 0 Å². The highest BCUT2D eigenvalue weighted by Gasteiger charge is 2.12. The second kappa shape index (κ2) is 8.35. The van der Waals surface area contributed by atoms with Crippen LogP contribution < -0.4 is 21.1 Å². The number of aryl methyl sites for hydroxylation is 1. The predicted octanol–water partition coefficient (Wildman–Crippen LogP) is 4.18. The minimum Gasteiger partial charge on any atom is -0.455 e. The van der Waals surface area contributed by atoms with Crippen molar-refractivity contribution >= 4 is 28.7 Å². The number of nitrogens with zero attached hydrogens (tertiary/aromatic N) is 3. The Kier molecular flexibility index (Phi) is 5.07. The topological polar surface area (TPSA) is 130 Å². The lowest BCUT2D eigenvalue weighted by Crippen LogP contribution is -2.21. The number of carbonyl (C=O) groups is 1. The summed E-state index contributed by atoms with van der Waals surface area (Å²) in [6.45, 7) is 1.86. The molecule has 0 unspecified atom stereocenters. The highest BCUT2D eigenvalue weighted by Crippen LogP contribution is 2.28. The van der Waals surface area contributed by atoms with Crippen LogP contribution in [0.2, 0.25) is 0 Å². The zero-order valence-electron chi connectivity index (χ0n) is 17.5. The predicted molar refractivity (Wildman–Crippen MR) is 124 cm³/mol. The number of nitrogens with one attached hydrogen (secondary N) is 4. The van der Waals surface area contributed by atoms with E-state index in [1.165, 1.54) is 6.20 Å². The largest absolute Gasteiger partial charge is 0.455 e. The summed E-state index contributed by atoms with van der Waals surface area (Å²) in [6, 6.07) is 19.5. The minimum absolute atomic E-state index is 0.370. The number of H-pyrrole nitrogens is 2. The number of amides is 2. The van der Waals surface area contributed by atoms with E-state index in [2.05, 4.69) is 30.7 Å². The fourth-order valence-electron chi connectivity index (χ4n) is 3.39. The van der Waals surface area contributed by atoms with Gasteiger partial charge in [0.1, 0.15) is 17.1 Å². The Morgan fingerprint density at radius 1 is 1.00 bits per heavy atom. The van der Waals surface area contributed by atoms with Gasteiger partial charge in [0.05, 0.1) is 11.4 Å². The zero-order valence-corrected chi connectivity index (χ0v) is 17.5. The molecular weight excluding hydrogens is 422 g/mol. The molecule has 3 aromatic heterocycles. The maximum absolute atomic E-state index is 12.7. The number of para-hydroxylation sites is 1. The van der Waals surface area contributed by atoms with Crippen LogP contribution in [0, 0.1) is 6.92 Å². The van der Waals surface area contributed by atoms with Gasteiger partial charge in [0.25, 0.3) is 0 Å². The summed E-state index contributed by atoms with van der Waals surface area (Å²) in [6.07, 6.45) is 1.54. The zero-order chi connectivity index (χ0) is 22.8. The van der Waals surface area contributed by atoms with Gasteiger partial charge in [0, 0.05) is 30.1 Å². The Balaban J connectivity index is 1.32. The normalized spacial score (nSPS) is 10.8. The number of hydrogen-bond donors (Lipinski definition) is 4. The molecule has 10 heteroatoms. The average molecular weight is 441 g/mol. The summed E-state index contributed by atoms with van der Waals surface area (Å²) in [5.74, 6) is 1.45. The molecule has 3 heterocycles. The van der Waals surface area contributed by atoms with E-state index in [0.717, 1.165) is 11.4 Å². The van der Waals surface area contributed by atoms with Crippen LogP contribution in [0.15, 0.2) is 77.7 Å². The summed E-state index contributed by atoms with van der Waals surface area (Å²) >= 11 is 0. The number of aromatic amines is 2. The smallest absolute Gasteiger partial charge is 0.325 e. The quantitative estimate of drug-likeness (QED) is 0.325. The van der Waals surface area contributed by atoms with Gasteiger partial charge in [-0.05, 0) is 31.2 Å². The van der Waals surface area contributed by atoms with E-state index in [1.807, 2.05) is 37.3 Å². The number of aromatic nitrogens is 5. The summed E-state index contributed by atoms with van der Waals surface area (Å²) in [5.41, 5.74) is 2.63. The number of hydrogen-bond acceptors (Lipinski definition) is 5. The number of rotatable bonds is 5. The van der Waals surface area contributed by atoms with Crippen molar-refractivity contribution in [1.82, 2.24) is 24.7 Å². The van der Waals surface area contributed by atoms with Crippen LogP contribution in [-0.4, -0.2) is 30.8 Å². The molecule has 0 atom stereocenters. The molecule has 10 nitrogen and oxygen atoms in total. The van der Waals surface area contributed by atoms with Crippen LogP contribution in [0.3, 0.4) is 0 Å². The molecule has 5 rings (SSSR count). The lowest BCUT2D eigenvalue weighted by atomic mass is 10.3. The van der Waals surface area contributed by atoms with Crippen LogP contribution in [0.1, 0.15) is 5.69 Å². The van der Waals surface area contributed by atoms with Gasteiger partial charge in [-0.25, -0.2) is 19.3 Å². The van der Waals surface area contributed by atoms with Crippen LogP contribution in [0.5, 0.6) is 11.5 Å². The van der Waals surface area contributed by atoms with E-state index in [-0.39, 0.29) is 5.69 Å². The standard InChI is InChI=1S/C23H19N7O3/c1-14-12-19(30(29-14)16-7-3-2-4-8-16)26-22(31)25-15-6-5-9-17(13-15)33-18-10-11-24-21-20(18)27-23(32)28-21/h2-13H,1H3,(H2,25,26,31)(H2,24,27,28,32). The Morgan fingerprint density at radius 2 is 1.85 bits per heavy atom. The monoisotopic (exact) mass is 441 g/mol. The molecule has 0 bridgehead atoms. The molecule has 5 aromatic rings. The van der Waals surface area contributed by atoms with E-state index in [4.69, 9.17) is 4.74 Å². The third-order valence-corrected chi connectivity index (χ3v) is 4.78. The molecule has 0 fully saturated rings. The molecule has 0 spiro atoms. The van der Waals surface area contributed by atoms with Crippen LogP contribution in [0.25, 0.3) is 16.9 Å². The third-order valence-electron chi connectivity index (χ3n) is 4.78. The first kappa shape index (κ1) is 20.1. The van der Waals surface area contributed by atoms with Gasteiger partial charge in [-0.3, -0.25) is 10.3 Å². The van der Waals surface area contributed by atoms with Crippen molar-refractivity contribution in [2.45, 2.75) is 6.92 Å². The van der Waals surface area contributed by atoms with Gasteiger partial charge in [-0.2, -0.15) is 5.10 Å². The Labute approximate surface area is 187 Å². The Hall–Kier alpha value is -4.86. The second-order valence-electron chi connectivity index (χ2n) is 7.24. The Morgan fingerprint density at radius 3 is 2.70 bits per heavy atom. The van der Waals surface area contributed by atoms with E-state index in [9.17, 15) is 9.59 Å². The third kappa shape index (κ3) is 4.30. The molecule has 164 valence electrons. The van der Waals surface area contributed by atoms with Gasteiger partial charge >= 0.3 is 11.7 Å². The van der Waals surface area contributed by atoms with Crippen molar-refractivity contribution in [3.05, 3.63) is 89.1 Å². The van der Waals surface area contributed by atoms with E-state index < -0.39 is 6.03 Å². The molecule has 0 aliphatic carbocycles. The molecule has 0 aliphatic rings. The number of benzene rings is 2. The maximum Gasteiger partial charge on any atom is 0.325 e. The van der Waals surface area contributed by atoms with Gasteiger partial charge in [-0.15, -0.1) is 0 Å². The first-order chi connectivity index (χ1) is 16.0. The van der Waals surface area contributed by atoms with E-state index in [0.29, 0.717) is 34.2 Å². The molecule has 33 heavy (non-hydrogen) atoms. The Bertz CT molecular complexity index is 1500. The molecule has 0 radical (unpaired) electrons. The number of pyridine rings is 1. The number of anilines is 2. The van der Waals surface area contributed by atoms with Crippen molar-refractivity contribution in [3.8, 4) is 17.2 Å². The number of urea groups is 1. The van der Waals surface area contributed by atoms with Crippen molar-refractivity contribution in [2.75, 3.05) is 10.6 Å². The van der Waals surface area contributed by atoms with Crippen molar-refractivity contribution in [3.63, 3.8) is 0 Å². The fourth-order valence-corrected chi connectivity index (χ4v) is 3.39. The molecular formula is C23H19N7O3. The number of ether oxygens (including phenoxy) is 1. The SMILES string of the molecule is Cc1cc(NC(=O)Nc2cccc(Oc3ccnc4[nH]c(=O)[nH]c34)c2)n(-c2ccccc2)n1. The van der Waals surface area contributed by atoms with E-state index in [1.54, 1.807) is 41.1 Å². The highest BCUT2D eigenvalue weighted by atomic mass is 16.5. The second-order valence-corrected chi connectivity index (χ2v) is 7.24. The first-order valence-corrected chi connectivity index (χ1v) is 10.1. The lowest BCUT2D eigenvalue weighted by Gasteiger charge is -2.11. The first-order valence-electron chi connectivity index (χ1n) is 10.1. The molecule has 0 aliphatic heterocycles. The molecule has 0 saturated carbocycles. The van der Waals surface area contributed by atoms with Crippen molar-refractivity contribution in [2.24, 2.45) is 0 Å². The summed E-state index contributed by atoms with van der Waals surface area (Å²) < 4.78 is 7.58. The van der Waals surface area contributed by atoms with Gasteiger partial charge in [0.2, 0.25) is 0 Å². The van der Waals surface area contributed by atoms with Crippen molar-refractivity contribution in [1.29, 1.82) is 0 Å². The van der Waals surface area contributed by atoms with Crippen molar-refractivity contribution < 1.29 is 9.53 Å².